The van der Waals surface area contributed by atoms with Gasteiger partial charge in [0.15, 0.2) is 23.0 Å². The van der Waals surface area contributed by atoms with Gasteiger partial charge in [-0.25, -0.2) is 0 Å². The van der Waals surface area contributed by atoms with Gasteiger partial charge in [0.2, 0.25) is 6.79 Å². The maximum atomic E-state index is 13.1. The lowest BCUT2D eigenvalue weighted by molar-refractivity contribution is -0.123. The highest BCUT2D eigenvalue weighted by Gasteiger charge is 2.35. The number of carbonyl (C=O) groups is 2. The minimum absolute atomic E-state index is 0.0243. The molecule has 0 spiro atoms. The minimum atomic E-state index is -0.402. The van der Waals surface area contributed by atoms with Crippen LogP contribution >= 0.6 is 35.0 Å². The molecule has 0 saturated carbocycles. The number of thioether (sulfide) groups is 1. The molecule has 1 saturated heterocycles. The van der Waals surface area contributed by atoms with E-state index in [1.807, 2.05) is 25.1 Å². The van der Waals surface area contributed by atoms with Crippen LogP contribution in [0.15, 0.2) is 59.5 Å². The molecule has 37 heavy (non-hydrogen) atoms. The standard InChI is InChI=1S/C27H21Cl2NO6S/c1-2-33-22-9-16(7-8-21(22)34-14-17-5-3-4-6-19(17)28)10-25-26(31)30(27(32)37-25)13-18-11-23-24(12-20(18)29)36-15-35-23/h3-12H,2,13-15H2,1H3/b25-10-. The van der Waals surface area contributed by atoms with E-state index in [0.717, 1.165) is 22.2 Å². The Hall–Kier alpha value is -3.33. The Labute approximate surface area is 227 Å². The van der Waals surface area contributed by atoms with Crippen molar-refractivity contribution in [2.45, 2.75) is 20.1 Å². The first-order chi connectivity index (χ1) is 17.9. The van der Waals surface area contributed by atoms with Crippen molar-refractivity contribution in [2.75, 3.05) is 13.4 Å². The van der Waals surface area contributed by atoms with Crippen LogP contribution in [0.5, 0.6) is 23.0 Å². The highest BCUT2D eigenvalue weighted by atomic mass is 35.5. The lowest BCUT2D eigenvalue weighted by atomic mass is 10.1. The molecule has 2 heterocycles. The minimum Gasteiger partial charge on any atom is -0.490 e. The van der Waals surface area contributed by atoms with E-state index in [1.165, 1.54) is 0 Å². The van der Waals surface area contributed by atoms with Crippen molar-refractivity contribution < 1.29 is 28.5 Å². The highest BCUT2D eigenvalue weighted by molar-refractivity contribution is 8.18. The number of hydrogen-bond acceptors (Lipinski definition) is 7. The number of benzene rings is 3. The number of nitrogens with zero attached hydrogens (tertiary/aromatic N) is 1. The topological polar surface area (TPSA) is 74.3 Å². The van der Waals surface area contributed by atoms with Crippen molar-refractivity contribution in [1.82, 2.24) is 4.90 Å². The lowest BCUT2D eigenvalue weighted by Gasteiger charge is -2.14. The van der Waals surface area contributed by atoms with Crippen LogP contribution in [0.3, 0.4) is 0 Å². The highest BCUT2D eigenvalue weighted by Crippen LogP contribution is 2.40. The second-order valence-corrected chi connectivity index (χ2v) is 9.89. The normalized spacial score (nSPS) is 15.5. The maximum Gasteiger partial charge on any atom is 0.293 e. The molecule has 0 radical (unpaired) electrons. The Morgan fingerprint density at radius 3 is 2.51 bits per heavy atom. The van der Waals surface area contributed by atoms with Crippen LogP contribution in [0.2, 0.25) is 10.0 Å². The molecule has 0 atom stereocenters. The molecule has 5 rings (SSSR count). The average Bonchev–Trinajstić information content (AvgIpc) is 3.43. The van der Waals surface area contributed by atoms with Crippen LogP contribution in [-0.2, 0) is 17.9 Å². The fraction of sp³-hybridized carbons (Fsp3) is 0.185. The van der Waals surface area contributed by atoms with E-state index in [4.69, 9.17) is 42.1 Å². The van der Waals surface area contributed by atoms with Gasteiger partial charge >= 0.3 is 0 Å². The monoisotopic (exact) mass is 557 g/mol. The molecule has 2 amide bonds. The summed E-state index contributed by atoms with van der Waals surface area (Å²) in [5.41, 5.74) is 2.14. The molecule has 3 aromatic carbocycles. The number of imide groups is 1. The Morgan fingerprint density at radius 2 is 1.73 bits per heavy atom. The third-order valence-electron chi connectivity index (χ3n) is 5.65. The van der Waals surface area contributed by atoms with Crippen molar-refractivity contribution in [3.05, 3.63) is 86.2 Å². The SMILES string of the molecule is CCOc1cc(/C=C2\SC(=O)N(Cc3cc4c(cc3Cl)OCO4)C2=O)ccc1OCc1ccccc1Cl. The number of hydrogen-bond donors (Lipinski definition) is 0. The maximum absolute atomic E-state index is 13.1. The second kappa shape index (κ2) is 11.0. The molecule has 0 aromatic heterocycles. The number of rotatable bonds is 8. The molecule has 190 valence electrons. The second-order valence-electron chi connectivity index (χ2n) is 8.08. The molecule has 0 N–H and O–H groups in total. The van der Waals surface area contributed by atoms with E-state index in [1.54, 1.807) is 42.5 Å². The zero-order valence-electron chi connectivity index (χ0n) is 19.7. The summed E-state index contributed by atoms with van der Waals surface area (Å²) in [5, 5.41) is 0.630. The van der Waals surface area contributed by atoms with Gasteiger partial charge in [0, 0.05) is 21.7 Å². The quantitative estimate of drug-likeness (QED) is 0.278. The Bertz CT molecular complexity index is 1410. The van der Waals surface area contributed by atoms with Crippen molar-refractivity contribution in [3.63, 3.8) is 0 Å². The number of halogens is 2. The number of carbonyl (C=O) groups excluding carboxylic acids is 2. The lowest BCUT2D eigenvalue weighted by Crippen LogP contribution is -2.27. The molecule has 10 heteroatoms. The number of fused-ring (bicyclic) bond motifs is 1. The van der Waals surface area contributed by atoms with Crippen molar-refractivity contribution >= 4 is 52.2 Å². The summed E-state index contributed by atoms with van der Waals surface area (Å²) in [4.78, 5) is 27.2. The van der Waals surface area contributed by atoms with Crippen molar-refractivity contribution in [1.29, 1.82) is 0 Å². The first-order valence-electron chi connectivity index (χ1n) is 11.4. The van der Waals surface area contributed by atoms with Gasteiger partial charge in [-0.1, -0.05) is 47.5 Å². The summed E-state index contributed by atoms with van der Waals surface area (Å²) in [7, 11) is 0. The van der Waals surface area contributed by atoms with Crippen LogP contribution in [-0.4, -0.2) is 29.4 Å². The molecule has 0 aliphatic carbocycles. The summed E-state index contributed by atoms with van der Waals surface area (Å²) in [5.74, 6) is 1.73. The summed E-state index contributed by atoms with van der Waals surface area (Å²) < 4.78 is 22.4. The Balaban J connectivity index is 1.33. The average molecular weight is 558 g/mol. The molecule has 3 aromatic rings. The van der Waals surface area contributed by atoms with Gasteiger partial charge in [-0.3, -0.25) is 14.5 Å². The molecule has 0 unspecified atom stereocenters. The van der Waals surface area contributed by atoms with Crippen LogP contribution in [0.1, 0.15) is 23.6 Å². The van der Waals surface area contributed by atoms with Crippen LogP contribution in [0.25, 0.3) is 6.08 Å². The summed E-state index contributed by atoms with van der Waals surface area (Å²) in [6.07, 6.45) is 1.66. The zero-order valence-corrected chi connectivity index (χ0v) is 22.0. The molecular formula is C27H21Cl2NO6S. The molecule has 0 bridgehead atoms. The van der Waals surface area contributed by atoms with Crippen LogP contribution < -0.4 is 18.9 Å². The molecule has 2 aliphatic rings. The summed E-state index contributed by atoms with van der Waals surface area (Å²) in [6, 6.07) is 16.1. The number of ether oxygens (including phenoxy) is 4. The van der Waals surface area contributed by atoms with Crippen LogP contribution in [0.4, 0.5) is 4.79 Å². The zero-order chi connectivity index (χ0) is 25.9. The predicted molar refractivity (Wildman–Crippen MR) is 142 cm³/mol. The third-order valence-corrected chi connectivity index (χ3v) is 7.28. The van der Waals surface area contributed by atoms with Crippen LogP contribution in [0, 0.1) is 0 Å². The predicted octanol–water partition coefficient (Wildman–Crippen LogP) is 6.94. The molecule has 2 aliphatic heterocycles. The van der Waals surface area contributed by atoms with Gasteiger partial charge in [0.25, 0.3) is 11.1 Å². The van der Waals surface area contributed by atoms with Gasteiger partial charge < -0.3 is 18.9 Å². The van der Waals surface area contributed by atoms with Crippen molar-refractivity contribution in [2.24, 2.45) is 0 Å². The fourth-order valence-corrected chi connectivity index (χ4v) is 5.05. The summed E-state index contributed by atoms with van der Waals surface area (Å²) in [6.45, 7) is 2.71. The van der Waals surface area contributed by atoms with Gasteiger partial charge in [-0.15, -0.1) is 0 Å². The number of amides is 2. The van der Waals surface area contributed by atoms with E-state index in [2.05, 4.69) is 0 Å². The molecular weight excluding hydrogens is 537 g/mol. The van der Waals surface area contributed by atoms with Gasteiger partial charge in [0.1, 0.15) is 6.61 Å². The van der Waals surface area contributed by atoms with Gasteiger partial charge in [0.05, 0.1) is 18.1 Å². The van der Waals surface area contributed by atoms with Gasteiger partial charge in [-0.05, 0) is 60.2 Å². The van der Waals surface area contributed by atoms with E-state index < -0.39 is 5.91 Å². The van der Waals surface area contributed by atoms with Crippen molar-refractivity contribution in [3.8, 4) is 23.0 Å². The first-order valence-corrected chi connectivity index (χ1v) is 13.0. The molecule has 7 nitrogen and oxygen atoms in total. The third kappa shape index (κ3) is 5.51. The van der Waals surface area contributed by atoms with E-state index >= 15 is 0 Å². The summed E-state index contributed by atoms with van der Waals surface area (Å²) >= 11 is 13.4. The largest absolute Gasteiger partial charge is 0.490 e. The molecule has 1 fully saturated rings. The smallest absolute Gasteiger partial charge is 0.293 e. The fourth-order valence-electron chi connectivity index (χ4n) is 3.81. The Kier molecular flexibility index (Phi) is 7.50. The van der Waals surface area contributed by atoms with E-state index in [-0.39, 0.29) is 25.2 Å². The van der Waals surface area contributed by atoms with Gasteiger partial charge in [-0.2, -0.15) is 0 Å². The first kappa shape index (κ1) is 25.3. The Morgan fingerprint density at radius 1 is 0.946 bits per heavy atom. The van der Waals surface area contributed by atoms with E-state index in [0.29, 0.717) is 55.7 Å². The van der Waals surface area contributed by atoms with E-state index in [9.17, 15) is 9.59 Å².